The van der Waals surface area contributed by atoms with E-state index in [0.29, 0.717) is 22.3 Å². The Hall–Kier alpha value is -3.64. The minimum Gasteiger partial charge on any atom is -0.339 e. The zero-order valence-electron chi connectivity index (χ0n) is 15.7. The first-order chi connectivity index (χ1) is 13.8. The Morgan fingerprint density at radius 3 is 2.69 bits per heavy atom. The van der Waals surface area contributed by atoms with E-state index >= 15 is 0 Å². The lowest BCUT2D eigenvalue weighted by Crippen LogP contribution is -2.37. The van der Waals surface area contributed by atoms with Gasteiger partial charge in [-0.25, -0.2) is 13.8 Å². The van der Waals surface area contributed by atoms with Gasteiger partial charge in [-0.2, -0.15) is 10.4 Å². The number of carbonyl (C=O) groups excluding carboxylic acids is 1. The number of hydrogen-bond donors (Lipinski definition) is 1. The number of carbonyl (C=O) groups is 1. The van der Waals surface area contributed by atoms with Crippen LogP contribution in [0.5, 0.6) is 0 Å². The van der Waals surface area contributed by atoms with E-state index < -0.39 is 15.9 Å². The maximum Gasteiger partial charge on any atom is 0.265 e. The van der Waals surface area contributed by atoms with Crippen molar-refractivity contribution in [2.45, 2.75) is 11.8 Å². The summed E-state index contributed by atoms with van der Waals surface area (Å²) in [4.78, 5) is 12.6. The van der Waals surface area contributed by atoms with Gasteiger partial charge in [-0.05, 0) is 30.5 Å². The van der Waals surface area contributed by atoms with Crippen LogP contribution in [0.4, 0.5) is 5.69 Å². The van der Waals surface area contributed by atoms with E-state index in [1.54, 1.807) is 41.9 Å². The van der Waals surface area contributed by atoms with E-state index in [0.717, 1.165) is 15.4 Å². The van der Waals surface area contributed by atoms with Crippen LogP contribution < -0.4 is 9.73 Å². The van der Waals surface area contributed by atoms with Gasteiger partial charge in [-0.15, -0.1) is 0 Å². The van der Waals surface area contributed by atoms with Crippen LogP contribution in [-0.2, 0) is 21.9 Å². The number of sulfonamides is 1. The predicted octanol–water partition coefficient (Wildman–Crippen LogP) is 2.02. The molecule has 1 aliphatic heterocycles. The number of amides is 1. The second kappa shape index (κ2) is 6.76. The van der Waals surface area contributed by atoms with Gasteiger partial charge < -0.3 is 4.57 Å². The Bertz CT molecular complexity index is 1330. The van der Waals surface area contributed by atoms with Crippen molar-refractivity contribution in [1.29, 1.82) is 5.26 Å². The van der Waals surface area contributed by atoms with Crippen molar-refractivity contribution in [3.63, 3.8) is 0 Å². The van der Waals surface area contributed by atoms with Gasteiger partial charge in [0.05, 0.1) is 16.8 Å². The molecule has 29 heavy (non-hydrogen) atoms. The standard InChI is InChI=1S/C20H17N5O3S/c1-13-15(9-16(10-21)24(13)2)11-22-23-19(26)12-25-17-7-3-5-14-6-4-8-18(20(14)17)29(25,27)28/h3-9,11H,12H2,1-2H3,(H,23,26)/b22-11-. The van der Waals surface area contributed by atoms with E-state index in [-0.39, 0.29) is 11.4 Å². The van der Waals surface area contributed by atoms with E-state index in [1.165, 1.54) is 6.21 Å². The van der Waals surface area contributed by atoms with Crippen molar-refractivity contribution in [3.05, 3.63) is 59.4 Å². The van der Waals surface area contributed by atoms with Crippen LogP contribution in [0.2, 0.25) is 0 Å². The second-order valence-corrected chi connectivity index (χ2v) is 8.51. The summed E-state index contributed by atoms with van der Waals surface area (Å²) in [6.45, 7) is 1.45. The highest BCUT2D eigenvalue weighted by molar-refractivity contribution is 7.93. The minimum absolute atomic E-state index is 0.200. The number of rotatable bonds is 4. The molecule has 1 aromatic heterocycles. The Morgan fingerprint density at radius 1 is 1.28 bits per heavy atom. The van der Waals surface area contributed by atoms with Crippen molar-refractivity contribution in [2.75, 3.05) is 10.8 Å². The third kappa shape index (κ3) is 2.94. The van der Waals surface area contributed by atoms with E-state index in [2.05, 4.69) is 16.6 Å². The van der Waals surface area contributed by atoms with Crippen LogP contribution in [-0.4, -0.2) is 31.7 Å². The molecule has 0 fully saturated rings. The quantitative estimate of drug-likeness (QED) is 0.527. The van der Waals surface area contributed by atoms with Gasteiger partial charge in [0.15, 0.2) is 0 Å². The van der Waals surface area contributed by atoms with Crippen LogP contribution in [0.1, 0.15) is 17.0 Å². The largest absolute Gasteiger partial charge is 0.339 e. The molecule has 8 nitrogen and oxygen atoms in total. The summed E-state index contributed by atoms with van der Waals surface area (Å²) in [6.07, 6.45) is 1.43. The zero-order valence-corrected chi connectivity index (χ0v) is 16.6. The number of nitrogens with one attached hydrogen (secondary N) is 1. The van der Waals surface area contributed by atoms with Gasteiger partial charge >= 0.3 is 0 Å². The molecule has 0 unspecified atom stereocenters. The first-order valence-corrected chi connectivity index (χ1v) is 10.2. The summed E-state index contributed by atoms with van der Waals surface area (Å²) in [7, 11) is -2.04. The molecular weight excluding hydrogens is 390 g/mol. The Morgan fingerprint density at radius 2 is 2.00 bits per heavy atom. The molecule has 146 valence electrons. The second-order valence-electron chi connectivity index (χ2n) is 6.68. The first-order valence-electron chi connectivity index (χ1n) is 8.77. The molecule has 1 N–H and O–H groups in total. The van der Waals surface area contributed by atoms with Gasteiger partial charge in [0.25, 0.3) is 15.9 Å². The predicted molar refractivity (Wildman–Crippen MR) is 109 cm³/mol. The van der Waals surface area contributed by atoms with Gasteiger partial charge in [0.2, 0.25) is 0 Å². The number of hydrogen-bond acceptors (Lipinski definition) is 5. The smallest absolute Gasteiger partial charge is 0.265 e. The number of anilines is 1. The highest BCUT2D eigenvalue weighted by Gasteiger charge is 2.36. The van der Waals surface area contributed by atoms with E-state index in [9.17, 15) is 13.2 Å². The summed E-state index contributed by atoms with van der Waals surface area (Å²) in [5.74, 6) is -0.566. The molecule has 2 heterocycles. The van der Waals surface area contributed by atoms with Gasteiger partial charge in [-0.1, -0.05) is 24.3 Å². The summed E-state index contributed by atoms with van der Waals surface area (Å²) in [5, 5.41) is 14.4. The molecule has 1 aliphatic rings. The molecular formula is C20H17N5O3S. The summed E-state index contributed by atoms with van der Waals surface area (Å²) in [6, 6.07) is 14.1. The molecule has 4 rings (SSSR count). The molecule has 0 saturated heterocycles. The molecule has 0 spiro atoms. The number of aromatic nitrogens is 1. The molecule has 0 aliphatic carbocycles. The topological polar surface area (TPSA) is 108 Å². The number of nitriles is 1. The van der Waals surface area contributed by atoms with Crippen LogP contribution in [0.3, 0.4) is 0 Å². The maximum atomic E-state index is 12.9. The van der Waals surface area contributed by atoms with Crippen LogP contribution in [0.25, 0.3) is 10.8 Å². The minimum atomic E-state index is -3.80. The third-order valence-electron chi connectivity index (χ3n) is 5.05. The summed E-state index contributed by atoms with van der Waals surface area (Å²) in [5.41, 5.74) is 4.83. The summed E-state index contributed by atoms with van der Waals surface area (Å²) >= 11 is 0. The fourth-order valence-electron chi connectivity index (χ4n) is 3.43. The summed E-state index contributed by atoms with van der Waals surface area (Å²) < 4.78 is 28.6. The lowest BCUT2D eigenvalue weighted by Gasteiger charge is -2.17. The van der Waals surface area contributed by atoms with Gasteiger partial charge in [0, 0.05) is 23.7 Å². The first kappa shape index (κ1) is 18.7. The average molecular weight is 407 g/mol. The van der Waals surface area contributed by atoms with E-state index in [1.807, 2.05) is 19.1 Å². The number of nitrogens with zero attached hydrogens (tertiary/aromatic N) is 4. The lowest BCUT2D eigenvalue weighted by atomic mass is 10.1. The van der Waals surface area contributed by atoms with Crippen LogP contribution >= 0.6 is 0 Å². The highest BCUT2D eigenvalue weighted by atomic mass is 32.2. The zero-order chi connectivity index (χ0) is 20.8. The fraction of sp³-hybridized carbons (Fsp3) is 0.150. The van der Waals surface area contributed by atoms with Crippen LogP contribution in [0.15, 0.2) is 52.5 Å². The average Bonchev–Trinajstić information content (AvgIpc) is 3.10. The van der Waals surface area contributed by atoms with Crippen molar-refractivity contribution < 1.29 is 13.2 Å². The molecule has 3 aromatic rings. The number of hydrazone groups is 1. The SMILES string of the molecule is Cc1c(/C=N\NC(=O)CN2c3cccc4cccc(c34)S2(=O)=O)cc(C#N)n1C. The molecule has 0 atom stereocenters. The molecule has 2 aromatic carbocycles. The van der Waals surface area contributed by atoms with Crippen molar-refractivity contribution in [3.8, 4) is 6.07 Å². The Balaban J connectivity index is 1.54. The monoisotopic (exact) mass is 407 g/mol. The number of benzene rings is 2. The van der Waals surface area contributed by atoms with E-state index in [4.69, 9.17) is 5.26 Å². The maximum absolute atomic E-state index is 12.9. The third-order valence-corrected chi connectivity index (χ3v) is 6.85. The van der Waals surface area contributed by atoms with Crippen LogP contribution in [0, 0.1) is 18.3 Å². The molecule has 0 radical (unpaired) electrons. The molecule has 1 amide bonds. The Kier molecular flexibility index (Phi) is 4.36. The van der Waals surface area contributed by atoms with Gasteiger partial charge in [-0.3, -0.25) is 9.10 Å². The molecule has 0 bridgehead atoms. The molecule has 0 saturated carbocycles. The van der Waals surface area contributed by atoms with Crippen molar-refractivity contribution >= 4 is 38.6 Å². The Labute approximate surface area is 167 Å². The van der Waals surface area contributed by atoms with Crippen molar-refractivity contribution in [2.24, 2.45) is 12.1 Å². The lowest BCUT2D eigenvalue weighted by molar-refractivity contribution is -0.119. The molecule has 9 heteroatoms. The highest BCUT2D eigenvalue weighted by Crippen LogP contribution is 2.41. The van der Waals surface area contributed by atoms with Gasteiger partial charge in [0.1, 0.15) is 18.3 Å². The fourth-order valence-corrected chi connectivity index (χ4v) is 5.10. The normalized spacial score (nSPS) is 14.4. The van der Waals surface area contributed by atoms with Crippen molar-refractivity contribution in [1.82, 2.24) is 9.99 Å².